The maximum Gasteiger partial charge on any atom is 0.416 e. The van der Waals surface area contributed by atoms with Crippen molar-refractivity contribution in [2.75, 3.05) is 6.54 Å². The van der Waals surface area contributed by atoms with E-state index in [1.54, 1.807) is 6.92 Å². The third-order valence-electron chi connectivity index (χ3n) is 3.36. The van der Waals surface area contributed by atoms with E-state index in [9.17, 15) is 18.0 Å². The van der Waals surface area contributed by atoms with Gasteiger partial charge in [-0.3, -0.25) is 0 Å². The van der Waals surface area contributed by atoms with Gasteiger partial charge in [0.1, 0.15) is 0 Å². The van der Waals surface area contributed by atoms with Gasteiger partial charge >= 0.3 is 12.2 Å². The summed E-state index contributed by atoms with van der Waals surface area (Å²) in [6.45, 7) is 5.88. The van der Waals surface area contributed by atoms with Crippen molar-refractivity contribution >= 4 is 29.2 Å². The lowest BCUT2D eigenvalue weighted by molar-refractivity contribution is -0.137. The van der Waals surface area contributed by atoms with E-state index in [1.807, 2.05) is 13.8 Å². The Bertz CT molecular complexity index is 797. The van der Waals surface area contributed by atoms with Gasteiger partial charge in [-0.15, -0.1) is 5.10 Å². The quantitative estimate of drug-likeness (QED) is 0.704. The molecular formula is C16H16Cl2F3N3O2. The van der Waals surface area contributed by atoms with Gasteiger partial charge in [-0.2, -0.15) is 17.9 Å². The zero-order valence-corrected chi connectivity index (χ0v) is 15.6. The largest absolute Gasteiger partial charge is 0.434 e. The lowest BCUT2D eigenvalue weighted by atomic mass is 10.1. The summed E-state index contributed by atoms with van der Waals surface area (Å²) in [5.41, 5.74) is -0.430. The van der Waals surface area contributed by atoms with Crippen LogP contribution < -0.4 is 10.1 Å². The molecule has 2 aromatic rings. The van der Waals surface area contributed by atoms with Gasteiger partial charge in [-0.1, -0.05) is 37.0 Å². The smallest absolute Gasteiger partial charge is 0.416 e. The number of hydrogen-bond donors (Lipinski definition) is 1. The first-order valence-electron chi connectivity index (χ1n) is 7.66. The predicted molar refractivity (Wildman–Crippen MR) is 92.3 cm³/mol. The second kappa shape index (κ2) is 7.75. The maximum atomic E-state index is 12.8. The molecule has 0 spiro atoms. The highest BCUT2D eigenvalue weighted by Crippen LogP contribution is 2.41. The monoisotopic (exact) mass is 409 g/mol. The molecule has 0 atom stereocenters. The molecule has 5 nitrogen and oxygen atoms in total. The molecule has 0 saturated carbocycles. The lowest BCUT2D eigenvalue weighted by Gasteiger charge is -2.11. The minimum Gasteiger partial charge on any atom is -0.434 e. The Balaban J connectivity index is 2.40. The van der Waals surface area contributed by atoms with Crippen LogP contribution in [-0.4, -0.2) is 22.4 Å². The molecule has 26 heavy (non-hydrogen) atoms. The second-order valence-electron chi connectivity index (χ2n) is 5.68. The first-order valence-corrected chi connectivity index (χ1v) is 8.42. The van der Waals surface area contributed by atoms with Crippen LogP contribution in [0.15, 0.2) is 18.2 Å². The Labute approximate surface area is 158 Å². The van der Waals surface area contributed by atoms with Gasteiger partial charge in [-0.05, 0) is 25.0 Å². The molecule has 2 rings (SSSR count). The van der Waals surface area contributed by atoms with Crippen molar-refractivity contribution in [2.24, 2.45) is 0 Å². The van der Waals surface area contributed by atoms with Crippen LogP contribution in [0, 0.1) is 0 Å². The highest BCUT2D eigenvalue weighted by Gasteiger charge is 2.32. The average molecular weight is 410 g/mol. The number of hydrogen-bond acceptors (Lipinski definition) is 3. The van der Waals surface area contributed by atoms with Gasteiger partial charge in [0.2, 0.25) is 5.88 Å². The molecular weight excluding hydrogens is 394 g/mol. The molecule has 0 bridgehead atoms. The number of nitrogens with one attached hydrogen (secondary N) is 1. The van der Waals surface area contributed by atoms with Crippen molar-refractivity contribution < 1.29 is 22.7 Å². The maximum absolute atomic E-state index is 12.8. The van der Waals surface area contributed by atoms with Crippen molar-refractivity contribution in [3.05, 3.63) is 39.5 Å². The number of amides is 1. The molecule has 1 heterocycles. The third kappa shape index (κ3) is 4.42. The number of ether oxygens (including phenoxy) is 1. The van der Waals surface area contributed by atoms with Crippen LogP contribution in [0.1, 0.15) is 37.9 Å². The van der Waals surface area contributed by atoms with E-state index in [4.69, 9.17) is 27.9 Å². The van der Waals surface area contributed by atoms with Crippen LogP contribution in [0.2, 0.25) is 10.0 Å². The molecule has 0 saturated heterocycles. The minimum atomic E-state index is -4.59. The number of halogens is 5. The van der Waals surface area contributed by atoms with Crippen LogP contribution >= 0.6 is 23.2 Å². The summed E-state index contributed by atoms with van der Waals surface area (Å²) in [6, 6.07) is 2.49. The first-order chi connectivity index (χ1) is 12.0. The van der Waals surface area contributed by atoms with Crippen LogP contribution in [0.4, 0.5) is 18.0 Å². The van der Waals surface area contributed by atoms with E-state index in [1.165, 1.54) is 6.07 Å². The zero-order valence-electron chi connectivity index (χ0n) is 14.1. The van der Waals surface area contributed by atoms with E-state index in [0.717, 1.165) is 4.68 Å². The van der Waals surface area contributed by atoms with E-state index in [-0.39, 0.29) is 27.6 Å². The second-order valence-corrected chi connectivity index (χ2v) is 6.49. The van der Waals surface area contributed by atoms with Gasteiger partial charge in [0.15, 0.2) is 5.75 Å². The summed E-state index contributed by atoms with van der Waals surface area (Å²) < 4.78 is 45.0. The molecule has 1 aromatic carbocycles. The summed E-state index contributed by atoms with van der Waals surface area (Å²) in [5.74, 6) is -0.235. The van der Waals surface area contributed by atoms with Crippen molar-refractivity contribution in [3.63, 3.8) is 0 Å². The van der Waals surface area contributed by atoms with Crippen molar-refractivity contribution in [1.82, 2.24) is 15.1 Å². The molecule has 1 amide bonds. The Morgan fingerprint density at radius 3 is 2.31 bits per heavy atom. The fraction of sp³-hybridized carbons (Fsp3) is 0.375. The molecule has 0 aliphatic heterocycles. The summed E-state index contributed by atoms with van der Waals surface area (Å²) in [5, 5.41) is 6.02. The third-order valence-corrected chi connectivity index (χ3v) is 3.92. The topological polar surface area (TPSA) is 56.2 Å². The Hall–Kier alpha value is -1.93. The molecule has 0 unspecified atom stereocenters. The summed E-state index contributed by atoms with van der Waals surface area (Å²) in [6.07, 6.45) is -4.59. The van der Waals surface area contributed by atoms with Gasteiger partial charge < -0.3 is 10.1 Å². The Morgan fingerprint density at radius 2 is 1.85 bits per heavy atom. The van der Waals surface area contributed by atoms with Crippen LogP contribution in [0.5, 0.6) is 11.6 Å². The normalized spacial score (nSPS) is 11.7. The lowest BCUT2D eigenvalue weighted by Crippen LogP contribution is -2.30. The van der Waals surface area contributed by atoms with Gasteiger partial charge in [0.25, 0.3) is 0 Å². The number of aromatic nitrogens is 2. The van der Waals surface area contributed by atoms with Gasteiger partial charge in [-0.25, -0.2) is 4.79 Å². The molecule has 0 aliphatic carbocycles. The molecule has 142 valence electrons. The fourth-order valence-corrected chi connectivity index (χ4v) is 2.71. The average Bonchev–Trinajstić information content (AvgIpc) is 2.94. The number of nitrogens with zero attached hydrogens (tertiary/aromatic N) is 2. The van der Waals surface area contributed by atoms with E-state index in [2.05, 4.69) is 10.4 Å². The number of carbonyl (C=O) groups excluding carboxylic acids is 1. The van der Waals surface area contributed by atoms with E-state index >= 15 is 0 Å². The number of benzene rings is 1. The standard InChI is InChI=1S/C16H16Cl2F3N3O2/c1-4-22-15(25)24-12(8(2)3)7-13(23-24)26-14-10(17)5-9(6-11(14)18)16(19,20)21/h5-8H,4H2,1-3H3,(H,22,25). The molecule has 1 aromatic heterocycles. The van der Waals surface area contributed by atoms with Crippen LogP contribution in [-0.2, 0) is 6.18 Å². The van der Waals surface area contributed by atoms with Crippen LogP contribution in [0.25, 0.3) is 0 Å². The van der Waals surface area contributed by atoms with E-state index < -0.39 is 17.8 Å². The molecule has 0 fully saturated rings. The summed E-state index contributed by atoms with van der Waals surface area (Å²) >= 11 is 11.8. The zero-order chi connectivity index (χ0) is 19.6. The van der Waals surface area contributed by atoms with Crippen LogP contribution in [0.3, 0.4) is 0 Å². The van der Waals surface area contributed by atoms with Crippen molar-refractivity contribution in [3.8, 4) is 11.6 Å². The van der Waals surface area contributed by atoms with Crippen molar-refractivity contribution in [1.29, 1.82) is 0 Å². The highest BCUT2D eigenvalue weighted by atomic mass is 35.5. The SMILES string of the molecule is CCNC(=O)n1nc(Oc2c(Cl)cc(C(F)(F)F)cc2Cl)cc1C(C)C. The number of rotatable bonds is 4. The molecule has 1 N–H and O–H groups in total. The Kier molecular flexibility index (Phi) is 6.08. The number of carbonyl (C=O) groups is 1. The summed E-state index contributed by atoms with van der Waals surface area (Å²) in [4.78, 5) is 12.1. The van der Waals surface area contributed by atoms with Crippen molar-refractivity contribution in [2.45, 2.75) is 32.9 Å². The molecule has 0 aliphatic rings. The minimum absolute atomic E-state index is 0.0106. The molecule has 0 radical (unpaired) electrons. The van der Waals surface area contributed by atoms with Gasteiger partial charge in [0, 0.05) is 12.6 Å². The first kappa shape index (κ1) is 20.4. The number of alkyl halides is 3. The molecule has 10 heteroatoms. The fourth-order valence-electron chi connectivity index (χ4n) is 2.15. The summed E-state index contributed by atoms with van der Waals surface area (Å²) in [7, 11) is 0. The Morgan fingerprint density at radius 1 is 1.27 bits per heavy atom. The highest BCUT2D eigenvalue weighted by molar-refractivity contribution is 6.37. The van der Waals surface area contributed by atoms with E-state index in [0.29, 0.717) is 24.4 Å². The van der Waals surface area contributed by atoms with Gasteiger partial charge in [0.05, 0.1) is 21.3 Å². The predicted octanol–water partition coefficient (Wildman–Crippen LogP) is 5.70.